The normalized spacial score (nSPS) is 16.0. The van der Waals surface area contributed by atoms with E-state index in [1.165, 1.54) is 0 Å². The molecule has 4 rings (SSSR count). The summed E-state index contributed by atoms with van der Waals surface area (Å²) in [6.07, 6.45) is 1.66. The Hall–Kier alpha value is -3.06. The van der Waals surface area contributed by atoms with Crippen LogP contribution in [0.2, 0.25) is 5.02 Å². The van der Waals surface area contributed by atoms with Gasteiger partial charge >= 0.3 is 0 Å². The molecule has 1 unspecified atom stereocenters. The van der Waals surface area contributed by atoms with Crippen molar-refractivity contribution in [2.75, 3.05) is 5.43 Å². The highest BCUT2D eigenvalue weighted by Gasteiger charge is 2.27. The Bertz CT molecular complexity index is 993. The first-order chi connectivity index (χ1) is 12.6. The number of carbonyl (C=O) groups excluding carboxylic acids is 2. The number of benzene rings is 2. The number of halogens is 1. The molecule has 3 aromatic rings. The van der Waals surface area contributed by atoms with Crippen molar-refractivity contribution in [3.05, 3.63) is 59.4 Å². The number of imidazole rings is 1. The molecule has 0 spiro atoms. The largest absolute Gasteiger partial charge is 0.470 e. The second-order valence-corrected chi connectivity index (χ2v) is 6.42. The summed E-state index contributed by atoms with van der Waals surface area (Å²) in [5, 5.41) is 3.09. The number of para-hydroxylation sites is 2. The quantitative estimate of drug-likeness (QED) is 0.674. The van der Waals surface area contributed by atoms with E-state index in [1.54, 1.807) is 29.2 Å². The number of nitrogens with zero attached hydrogens (tertiary/aromatic N) is 2. The Kier molecular flexibility index (Phi) is 4.22. The highest BCUT2D eigenvalue weighted by atomic mass is 35.5. The lowest BCUT2D eigenvalue weighted by atomic mass is 10.1. The standard InChI is InChI=1S/C18H15ClN4O3/c19-12-5-11(6-13(8-12)26-18-9-16(24)21-18)7-17(25)22-23-10-20-14-3-1-2-4-15(14)23/h1-6,8,10,18H,7,9H2,(H,21,24)(H,22,25). The van der Waals surface area contributed by atoms with E-state index in [0.29, 0.717) is 22.8 Å². The minimum absolute atomic E-state index is 0.0517. The topological polar surface area (TPSA) is 85.2 Å². The second kappa shape index (κ2) is 6.68. The number of hydrogen-bond donors (Lipinski definition) is 2. The molecule has 8 heteroatoms. The van der Waals surface area contributed by atoms with E-state index in [-0.39, 0.29) is 24.5 Å². The molecule has 1 saturated heterocycles. The number of rotatable bonds is 5. The van der Waals surface area contributed by atoms with Crippen LogP contribution in [-0.2, 0) is 16.0 Å². The average molecular weight is 371 g/mol. The lowest BCUT2D eigenvalue weighted by Crippen LogP contribution is -2.51. The molecule has 26 heavy (non-hydrogen) atoms. The highest BCUT2D eigenvalue weighted by molar-refractivity contribution is 6.30. The SMILES string of the molecule is O=C1CC(Oc2cc(Cl)cc(CC(=O)Nn3cnc4ccccc43)c2)N1. The minimum Gasteiger partial charge on any atom is -0.470 e. The molecule has 132 valence electrons. The fraction of sp³-hybridized carbons (Fsp3) is 0.167. The number of nitrogens with one attached hydrogen (secondary N) is 2. The monoisotopic (exact) mass is 370 g/mol. The molecule has 2 N–H and O–H groups in total. The second-order valence-electron chi connectivity index (χ2n) is 5.99. The average Bonchev–Trinajstić information content (AvgIpc) is 2.96. The summed E-state index contributed by atoms with van der Waals surface area (Å²) >= 11 is 6.11. The molecule has 0 aliphatic carbocycles. The molecular weight excluding hydrogens is 356 g/mol. The zero-order chi connectivity index (χ0) is 18.1. The maximum absolute atomic E-state index is 12.4. The Morgan fingerprint density at radius 2 is 2.15 bits per heavy atom. The van der Waals surface area contributed by atoms with E-state index in [2.05, 4.69) is 15.7 Å². The van der Waals surface area contributed by atoms with Crippen LogP contribution in [0, 0.1) is 0 Å². The summed E-state index contributed by atoms with van der Waals surface area (Å²) in [4.78, 5) is 27.6. The van der Waals surface area contributed by atoms with E-state index >= 15 is 0 Å². The van der Waals surface area contributed by atoms with Crippen molar-refractivity contribution in [3.63, 3.8) is 0 Å². The summed E-state index contributed by atoms with van der Waals surface area (Å²) < 4.78 is 7.21. The van der Waals surface area contributed by atoms with Crippen molar-refractivity contribution >= 4 is 34.4 Å². The zero-order valence-corrected chi connectivity index (χ0v) is 14.4. The van der Waals surface area contributed by atoms with Crippen LogP contribution >= 0.6 is 11.6 Å². The number of amides is 2. The van der Waals surface area contributed by atoms with E-state index < -0.39 is 0 Å². The van der Waals surface area contributed by atoms with Crippen LogP contribution in [0.5, 0.6) is 5.75 Å². The molecule has 1 fully saturated rings. The molecule has 1 aromatic heterocycles. The molecule has 2 amide bonds. The number of ether oxygens (including phenoxy) is 1. The van der Waals surface area contributed by atoms with Crippen LogP contribution in [0.1, 0.15) is 12.0 Å². The first-order valence-corrected chi connectivity index (χ1v) is 8.42. The summed E-state index contributed by atoms with van der Waals surface area (Å²) in [5.74, 6) is 0.251. The van der Waals surface area contributed by atoms with Gasteiger partial charge in [0.05, 0.1) is 23.9 Å². The van der Waals surface area contributed by atoms with Gasteiger partial charge in [0, 0.05) is 5.02 Å². The van der Waals surface area contributed by atoms with Crippen molar-refractivity contribution < 1.29 is 14.3 Å². The van der Waals surface area contributed by atoms with Crippen molar-refractivity contribution in [3.8, 4) is 5.75 Å². The summed E-state index contributed by atoms with van der Waals surface area (Å²) in [5.41, 5.74) is 5.12. The smallest absolute Gasteiger partial charge is 0.243 e. The van der Waals surface area contributed by atoms with Crippen LogP contribution in [0.4, 0.5) is 0 Å². The summed E-state index contributed by atoms with van der Waals surface area (Å²) in [7, 11) is 0. The van der Waals surface area contributed by atoms with Crippen molar-refractivity contribution in [2.24, 2.45) is 0 Å². The number of hydrogen-bond acceptors (Lipinski definition) is 4. The number of β-lactam (4-membered cyclic amide) rings is 1. The van der Waals surface area contributed by atoms with Crippen LogP contribution in [0.3, 0.4) is 0 Å². The first kappa shape index (κ1) is 16.4. The van der Waals surface area contributed by atoms with Crippen LogP contribution < -0.4 is 15.5 Å². The van der Waals surface area contributed by atoms with E-state index in [4.69, 9.17) is 16.3 Å². The molecule has 0 saturated carbocycles. The number of aromatic nitrogens is 2. The number of carbonyl (C=O) groups is 2. The lowest BCUT2D eigenvalue weighted by Gasteiger charge is -2.27. The van der Waals surface area contributed by atoms with Crippen molar-refractivity contribution in [2.45, 2.75) is 19.1 Å². The Morgan fingerprint density at radius 3 is 2.96 bits per heavy atom. The maximum Gasteiger partial charge on any atom is 0.243 e. The van der Waals surface area contributed by atoms with Gasteiger partial charge in [0.25, 0.3) is 0 Å². The molecule has 0 radical (unpaired) electrons. The summed E-state index contributed by atoms with van der Waals surface area (Å²) in [6.45, 7) is 0. The van der Waals surface area contributed by atoms with E-state index in [9.17, 15) is 9.59 Å². The molecule has 0 bridgehead atoms. The Morgan fingerprint density at radius 1 is 1.35 bits per heavy atom. The van der Waals surface area contributed by atoms with Gasteiger partial charge in [-0.05, 0) is 35.9 Å². The summed E-state index contributed by atoms with van der Waals surface area (Å²) in [6, 6.07) is 12.6. The van der Waals surface area contributed by atoms with Crippen LogP contribution in [0.15, 0.2) is 48.8 Å². The van der Waals surface area contributed by atoms with E-state index in [1.807, 2.05) is 24.3 Å². The predicted molar refractivity (Wildman–Crippen MR) is 96.4 cm³/mol. The molecule has 1 aliphatic rings. The van der Waals surface area contributed by atoms with Gasteiger partial charge in [0.1, 0.15) is 12.1 Å². The van der Waals surface area contributed by atoms with Gasteiger partial charge < -0.3 is 10.1 Å². The molecule has 1 aliphatic heterocycles. The van der Waals surface area contributed by atoms with Crippen molar-refractivity contribution in [1.82, 2.24) is 15.0 Å². The van der Waals surface area contributed by atoms with Gasteiger partial charge in [0.2, 0.25) is 11.8 Å². The third-order valence-electron chi connectivity index (χ3n) is 3.97. The highest BCUT2D eigenvalue weighted by Crippen LogP contribution is 2.24. The fourth-order valence-electron chi connectivity index (χ4n) is 2.76. The van der Waals surface area contributed by atoms with Crippen LogP contribution in [0.25, 0.3) is 11.0 Å². The Balaban J connectivity index is 1.45. The maximum atomic E-state index is 12.4. The molecule has 1 atom stereocenters. The number of fused-ring (bicyclic) bond motifs is 1. The molecule has 2 heterocycles. The molecule has 2 aromatic carbocycles. The van der Waals surface area contributed by atoms with Gasteiger partial charge in [-0.2, -0.15) is 0 Å². The zero-order valence-electron chi connectivity index (χ0n) is 13.6. The fourth-order valence-corrected chi connectivity index (χ4v) is 3.01. The lowest BCUT2D eigenvalue weighted by molar-refractivity contribution is -0.134. The van der Waals surface area contributed by atoms with Gasteiger partial charge in [-0.15, -0.1) is 0 Å². The van der Waals surface area contributed by atoms with Gasteiger partial charge in [0.15, 0.2) is 6.23 Å². The van der Waals surface area contributed by atoms with E-state index in [0.717, 1.165) is 11.0 Å². The predicted octanol–water partition coefficient (Wildman–Crippen LogP) is 2.23. The molecule has 7 nitrogen and oxygen atoms in total. The third-order valence-corrected chi connectivity index (χ3v) is 4.18. The minimum atomic E-state index is -0.347. The first-order valence-electron chi connectivity index (χ1n) is 8.04. The van der Waals surface area contributed by atoms with Gasteiger partial charge in [-0.1, -0.05) is 23.7 Å². The van der Waals surface area contributed by atoms with Gasteiger partial charge in [-0.25, -0.2) is 9.66 Å². The van der Waals surface area contributed by atoms with Crippen molar-refractivity contribution in [1.29, 1.82) is 0 Å². The van der Waals surface area contributed by atoms with Gasteiger partial charge in [-0.3, -0.25) is 15.0 Å². The molecular formula is C18H15ClN4O3. The third kappa shape index (κ3) is 3.48. The van der Waals surface area contributed by atoms with Crippen LogP contribution in [-0.4, -0.2) is 27.7 Å². The Labute approximate surface area is 153 Å².